The van der Waals surface area contributed by atoms with Gasteiger partial charge in [-0.15, -0.1) is 0 Å². The number of likely N-dealkylation sites (N-methyl/N-ethyl adjacent to an activating group) is 1. The predicted octanol–water partition coefficient (Wildman–Crippen LogP) is 2.04. The number of ether oxygens (including phenoxy) is 2. The van der Waals surface area contributed by atoms with Gasteiger partial charge in [0.25, 0.3) is 5.91 Å². The summed E-state index contributed by atoms with van der Waals surface area (Å²) in [5, 5.41) is 6.16. The van der Waals surface area contributed by atoms with E-state index < -0.39 is 0 Å². The minimum atomic E-state index is -0.111. The van der Waals surface area contributed by atoms with E-state index in [0.717, 1.165) is 10.1 Å². The van der Waals surface area contributed by atoms with Crippen molar-refractivity contribution in [1.82, 2.24) is 10.6 Å². The topological polar surface area (TPSA) is 59.6 Å². The van der Waals surface area contributed by atoms with Gasteiger partial charge in [0.1, 0.15) is 0 Å². The number of halogens is 1. The molecular weight excluding hydrogens is 371 g/mol. The normalized spacial score (nSPS) is 11.8. The summed E-state index contributed by atoms with van der Waals surface area (Å²) in [6, 6.07) is 3.73. The zero-order valence-electron chi connectivity index (χ0n) is 12.2. The number of hydrogen-bond donors (Lipinski definition) is 2. The van der Waals surface area contributed by atoms with Crippen LogP contribution in [-0.2, 0) is 0 Å². The fourth-order valence-corrected chi connectivity index (χ4v) is 2.47. The van der Waals surface area contributed by atoms with E-state index in [2.05, 4.69) is 33.2 Å². The van der Waals surface area contributed by atoms with Crippen LogP contribution in [0.1, 0.15) is 24.2 Å². The van der Waals surface area contributed by atoms with Crippen molar-refractivity contribution in [3.05, 3.63) is 21.3 Å². The molecule has 0 aromatic heterocycles. The predicted molar refractivity (Wildman–Crippen MR) is 87.7 cm³/mol. The molecule has 0 saturated heterocycles. The Balaban J connectivity index is 2.82. The highest BCUT2D eigenvalue weighted by molar-refractivity contribution is 14.1. The van der Waals surface area contributed by atoms with Crippen molar-refractivity contribution < 1.29 is 14.3 Å². The Morgan fingerprint density at radius 3 is 2.45 bits per heavy atom. The third kappa shape index (κ3) is 4.52. The summed E-state index contributed by atoms with van der Waals surface area (Å²) < 4.78 is 11.3. The van der Waals surface area contributed by atoms with Gasteiger partial charge in [-0.2, -0.15) is 0 Å². The first kappa shape index (κ1) is 17.0. The van der Waals surface area contributed by atoms with Crippen LogP contribution in [0.3, 0.4) is 0 Å². The summed E-state index contributed by atoms with van der Waals surface area (Å²) in [5.74, 6) is 1.06. The molecule has 112 valence electrons. The molecule has 0 radical (unpaired) electrons. The summed E-state index contributed by atoms with van der Waals surface area (Å²) in [7, 11) is 3.13. The van der Waals surface area contributed by atoms with Crippen LogP contribution >= 0.6 is 22.6 Å². The number of nitrogens with one attached hydrogen (secondary N) is 2. The van der Waals surface area contributed by atoms with E-state index in [1.807, 2.05) is 13.8 Å². The van der Waals surface area contributed by atoms with Gasteiger partial charge < -0.3 is 20.1 Å². The molecule has 1 aromatic rings. The van der Waals surface area contributed by atoms with E-state index in [1.54, 1.807) is 26.4 Å². The quantitative estimate of drug-likeness (QED) is 0.698. The molecule has 0 bridgehead atoms. The number of carbonyl (C=O) groups is 1. The third-order valence-corrected chi connectivity index (χ3v) is 3.73. The first-order valence-electron chi connectivity index (χ1n) is 6.46. The van der Waals surface area contributed by atoms with Crippen LogP contribution in [0.5, 0.6) is 11.5 Å². The summed E-state index contributed by atoms with van der Waals surface area (Å²) in [5.41, 5.74) is 0.590. The second-order valence-corrected chi connectivity index (χ2v) is 5.52. The zero-order valence-corrected chi connectivity index (χ0v) is 14.4. The highest BCUT2D eigenvalue weighted by Gasteiger charge is 2.15. The molecule has 6 heteroatoms. The van der Waals surface area contributed by atoms with Crippen molar-refractivity contribution in [2.24, 2.45) is 0 Å². The van der Waals surface area contributed by atoms with Gasteiger partial charge in [-0.1, -0.05) is 6.92 Å². The minimum absolute atomic E-state index is 0.111. The fraction of sp³-hybridized carbons (Fsp3) is 0.500. The maximum Gasteiger partial charge on any atom is 0.252 e. The Bertz CT molecular complexity index is 466. The SMILES string of the molecule is CCN[C@H](C)CNC(=O)c1cc(OC)c(OC)cc1I. The van der Waals surface area contributed by atoms with Crippen molar-refractivity contribution in [1.29, 1.82) is 0 Å². The largest absolute Gasteiger partial charge is 0.493 e. The summed E-state index contributed by atoms with van der Waals surface area (Å²) in [6.45, 7) is 5.53. The molecule has 1 rings (SSSR count). The molecular formula is C14H21IN2O3. The summed E-state index contributed by atoms with van der Waals surface area (Å²) >= 11 is 2.12. The van der Waals surface area contributed by atoms with Crippen molar-refractivity contribution >= 4 is 28.5 Å². The molecule has 20 heavy (non-hydrogen) atoms. The molecule has 0 spiro atoms. The highest BCUT2D eigenvalue weighted by atomic mass is 127. The minimum Gasteiger partial charge on any atom is -0.493 e. The second kappa shape index (κ2) is 8.31. The number of benzene rings is 1. The number of hydrogen-bond acceptors (Lipinski definition) is 4. The maximum atomic E-state index is 12.2. The summed E-state index contributed by atoms with van der Waals surface area (Å²) in [6.07, 6.45) is 0. The molecule has 0 aliphatic rings. The van der Waals surface area contributed by atoms with Crippen molar-refractivity contribution in [2.75, 3.05) is 27.3 Å². The van der Waals surface area contributed by atoms with Crippen LogP contribution in [0.2, 0.25) is 0 Å². The molecule has 0 aliphatic carbocycles. The van der Waals surface area contributed by atoms with E-state index in [4.69, 9.17) is 9.47 Å². The van der Waals surface area contributed by atoms with Gasteiger partial charge in [0.15, 0.2) is 11.5 Å². The average molecular weight is 392 g/mol. The number of methoxy groups -OCH3 is 2. The molecule has 5 nitrogen and oxygen atoms in total. The Kier molecular flexibility index (Phi) is 7.08. The van der Waals surface area contributed by atoms with Gasteiger partial charge in [-0.05, 0) is 48.2 Å². The molecule has 0 unspecified atom stereocenters. The highest BCUT2D eigenvalue weighted by Crippen LogP contribution is 2.31. The lowest BCUT2D eigenvalue weighted by Gasteiger charge is -2.15. The van der Waals surface area contributed by atoms with Crippen molar-refractivity contribution in [3.63, 3.8) is 0 Å². The zero-order chi connectivity index (χ0) is 15.1. The van der Waals surface area contributed by atoms with Crippen LogP contribution in [0.15, 0.2) is 12.1 Å². The van der Waals surface area contributed by atoms with E-state index in [9.17, 15) is 4.79 Å². The van der Waals surface area contributed by atoms with Gasteiger partial charge >= 0.3 is 0 Å². The Morgan fingerprint density at radius 2 is 1.90 bits per heavy atom. The molecule has 1 aromatic carbocycles. The van der Waals surface area contributed by atoms with Crippen LogP contribution < -0.4 is 20.1 Å². The lowest BCUT2D eigenvalue weighted by molar-refractivity contribution is 0.0949. The van der Waals surface area contributed by atoms with Crippen LogP contribution in [-0.4, -0.2) is 39.3 Å². The third-order valence-electron chi connectivity index (χ3n) is 2.84. The second-order valence-electron chi connectivity index (χ2n) is 4.36. The lowest BCUT2D eigenvalue weighted by Crippen LogP contribution is -2.39. The van der Waals surface area contributed by atoms with E-state index >= 15 is 0 Å². The number of amides is 1. The van der Waals surface area contributed by atoms with Crippen molar-refractivity contribution in [3.8, 4) is 11.5 Å². The first-order chi connectivity index (χ1) is 9.53. The Labute approximate surface area is 133 Å². The molecule has 2 N–H and O–H groups in total. The molecule has 1 atom stereocenters. The van der Waals surface area contributed by atoms with Crippen molar-refractivity contribution in [2.45, 2.75) is 19.9 Å². The van der Waals surface area contributed by atoms with Gasteiger partial charge in [0.05, 0.1) is 19.8 Å². The van der Waals surface area contributed by atoms with Gasteiger partial charge in [-0.3, -0.25) is 4.79 Å². The standard InChI is InChI=1S/C14H21IN2O3/c1-5-16-9(2)8-17-14(18)10-6-12(19-3)13(20-4)7-11(10)15/h6-7,9,16H,5,8H2,1-4H3,(H,17,18)/t9-/m1/s1. The van der Waals surface area contributed by atoms with E-state index in [1.165, 1.54) is 0 Å². The van der Waals surface area contributed by atoms with Crippen LogP contribution in [0.25, 0.3) is 0 Å². The van der Waals surface area contributed by atoms with E-state index in [-0.39, 0.29) is 11.9 Å². The summed E-state index contributed by atoms with van der Waals surface area (Å²) in [4.78, 5) is 12.2. The van der Waals surface area contributed by atoms with E-state index in [0.29, 0.717) is 23.6 Å². The Morgan fingerprint density at radius 1 is 1.30 bits per heavy atom. The fourth-order valence-electron chi connectivity index (χ4n) is 1.79. The molecule has 0 heterocycles. The molecule has 0 aliphatic heterocycles. The van der Waals surface area contributed by atoms with Crippen LogP contribution in [0.4, 0.5) is 0 Å². The van der Waals surface area contributed by atoms with Crippen LogP contribution in [0, 0.1) is 3.57 Å². The maximum absolute atomic E-state index is 12.2. The van der Waals surface area contributed by atoms with Gasteiger partial charge in [0.2, 0.25) is 0 Å². The lowest BCUT2D eigenvalue weighted by atomic mass is 10.2. The average Bonchev–Trinajstić information content (AvgIpc) is 2.44. The number of rotatable bonds is 7. The van der Waals surface area contributed by atoms with Gasteiger partial charge in [0, 0.05) is 16.2 Å². The molecule has 0 saturated carbocycles. The molecule has 1 amide bonds. The van der Waals surface area contributed by atoms with Gasteiger partial charge in [-0.25, -0.2) is 0 Å². The molecule has 0 fully saturated rings. The Hall–Kier alpha value is -1.02. The monoisotopic (exact) mass is 392 g/mol. The smallest absolute Gasteiger partial charge is 0.252 e. The first-order valence-corrected chi connectivity index (χ1v) is 7.54. The number of carbonyl (C=O) groups excluding carboxylic acids is 1.